The zero-order valence-electron chi connectivity index (χ0n) is 10.4. The molecule has 7 heteroatoms. The predicted octanol–water partition coefficient (Wildman–Crippen LogP) is 0.702. The summed E-state index contributed by atoms with van der Waals surface area (Å²) in [5, 5.41) is 3.60. The highest BCUT2D eigenvalue weighted by Gasteiger charge is 2.21. The normalized spacial score (nSPS) is 15.1. The van der Waals surface area contributed by atoms with Gasteiger partial charge >= 0.3 is 0 Å². The highest BCUT2D eigenvalue weighted by molar-refractivity contribution is 7.18. The molecule has 0 bridgehead atoms. The van der Waals surface area contributed by atoms with E-state index in [1.165, 1.54) is 24.2 Å². The van der Waals surface area contributed by atoms with E-state index in [0.717, 1.165) is 18.2 Å². The molecular formula is C11H18N4O2S. The third-order valence-corrected chi connectivity index (χ3v) is 3.95. The van der Waals surface area contributed by atoms with Crippen LogP contribution in [0.4, 0.5) is 10.9 Å². The molecule has 2 rings (SSSR count). The average molecular weight is 270 g/mol. The fourth-order valence-corrected chi connectivity index (χ4v) is 2.83. The average Bonchev–Trinajstić information content (AvgIpc) is 2.97. The fraction of sp³-hybridized carbons (Fsp3) is 0.636. The molecular weight excluding hydrogens is 252 g/mol. The van der Waals surface area contributed by atoms with Crippen molar-refractivity contribution in [1.82, 2.24) is 10.3 Å². The van der Waals surface area contributed by atoms with E-state index in [4.69, 9.17) is 10.5 Å². The van der Waals surface area contributed by atoms with E-state index in [-0.39, 0.29) is 5.91 Å². The molecule has 1 aliphatic rings. The molecule has 0 saturated carbocycles. The molecule has 0 aromatic carbocycles. The second-order valence-corrected chi connectivity index (χ2v) is 5.13. The van der Waals surface area contributed by atoms with Crippen molar-refractivity contribution in [3.63, 3.8) is 0 Å². The molecule has 100 valence electrons. The summed E-state index contributed by atoms with van der Waals surface area (Å²) < 4.78 is 4.88. The Hall–Kier alpha value is -1.34. The van der Waals surface area contributed by atoms with Crippen LogP contribution in [-0.2, 0) is 4.74 Å². The maximum absolute atomic E-state index is 11.9. The largest absolute Gasteiger partial charge is 0.383 e. The Morgan fingerprint density at radius 2 is 2.28 bits per heavy atom. The Balaban J connectivity index is 2.01. The molecule has 1 fully saturated rings. The van der Waals surface area contributed by atoms with Crippen LogP contribution < -0.4 is 16.0 Å². The predicted molar refractivity (Wildman–Crippen MR) is 72.2 cm³/mol. The van der Waals surface area contributed by atoms with Crippen LogP contribution in [0.3, 0.4) is 0 Å². The summed E-state index contributed by atoms with van der Waals surface area (Å²) in [5.74, 6) is 0.143. The Morgan fingerprint density at radius 1 is 1.56 bits per heavy atom. The summed E-state index contributed by atoms with van der Waals surface area (Å²) in [6.07, 6.45) is 2.35. The molecule has 3 N–H and O–H groups in total. The molecule has 2 heterocycles. The Labute approximate surface area is 110 Å². The van der Waals surface area contributed by atoms with Crippen molar-refractivity contribution >= 4 is 28.2 Å². The first-order chi connectivity index (χ1) is 8.72. The maximum atomic E-state index is 11.9. The first-order valence-corrected chi connectivity index (χ1v) is 6.82. The number of nitrogen functional groups attached to an aromatic ring is 1. The first-order valence-electron chi connectivity index (χ1n) is 6.00. The Morgan fingerprint density at radius 3 is 2.94 bits per heavy atom. The van der Waals surface area contributed by atoms with E-state index in [0.29, 0.717) is 23.8 Å². The van der Waals surface area contributed by atoms with Crippen LogP contribution in [0.15, 0.2) is 0 Å². The highest BCUT2D eigenvalue weighted by Crippen LogP contribution is 2.30. The van der Waals surface area contributed by atoms with E-state index in [1.54, 1.807) is 7.11 Å². The molecule has 1 aliphatic heterocycles. The third-order valence-electron chi connectivity index (χ3n) is 2.82. The molecule has 0 atom stereocenters. The lowest BCUT2D eigenvalue weighted by Gasteiger charge is -2.11. The van der Waals surface area contributed by atoms with E-state index < -0.39 is 0 Å². The van der Waals surface area contributed by atoms with Crippen molar-refractivity contribution in [2.45, 2.75) is 12.8 Å². The zero-order chi connectivity index (χ0) is 13.0. The minimum absolute atomic E-state index is 0.174. The number of ether oxygens (including phenoxy) is 1. The van der Waals surface area contributed by atoms with Crippen LogP contribution in [0, 0.1) is 0 Å². The van der Waals surface area contributed by atoms with Gasteiger partial charge in [0.05, 0.1) is 6.61 Å². The third kappa shape index (κ3) is 2.91. The van der Waals surface area contributed by atoms with Crippen LogP contribution in [0.2, 0.25) is 0 Å². The number of hydrogen-bond donors (Lipinski definition) is 2. The van der Waals surface area contributed by atoms with Crippen molar-refractivity contribution in [1.29, 1.82) is 0 Å². The number of anilines is 2. The van der Waals surface area contributed by atoms with Gasteiger partial charge in [-0.25, -0.2) is 4.98 Å². The van der Waals surface area contributed by atoms with Gasteiger partial charge in [-0.15, -0.1) is 0 Å². The summed E-state index contributed by atoms with van der Waals surface area (Å²) in [5.41, 5.74) is 5.79. The quantitative estimate of drug-likeness (QED) is 0.770. The number of thiazole rings is 1. The molecule has 1 aromatic rings. The number of hydrogen-bond acceptors (Lipinski definition) is 6. The van der Waals surface area contributed by atoms with Gasteiger partial charge in [-0.3, -0.25) is 4.79 Å². The lowest BCUT2D eigenvalue weighted by Crippen LogP contribution is -2.26. The minimum Gasteiger partial charge on any atom is -0.383 e. The van der Waals surface area contributed by atoms with E-state index >= 15 is 0 Å². The van der Waals surface area contributed by atoms with Crippen molar-refractivity contribution in [3.05, 3.63) is 4.88 Å². The summed E-state index contributed by atoms with van der Waals surface area (Å²) >= 11 is 1.36. The van der Waals surface area contributed by atoms with Crippen LogP contribution in [0.25, 0.3) is 0 Å². The lowest BCUT2D eigenvalue weighted by atomic mass is 10.4. The van der Waals surface area contributed by atoms with Gasteiger partial charge < -0.3 is 20.7 Å². The number of nitrogens with two attached hydrogens (primary N) is 1. The van der Waals surface area contributed by atoms with Gasteiger partial charge in [0.25, 0.3) is 5.91 Å². The number of amides is 1. The molecule has 0 unspecified atom stereocenters. The van der Waals surface area contributed by atoms with Gasteiger partial charge in [0.1, 0.15) is 10.7 Å². The van der Waals surface area contributed by atoms with Gasteiger partial charge in [-0.05, 0) is 12.8 Å². The van der Waals surface area contributed by atoms with Crippen LogP contribution >= 0.6 is 11.3 Å². The summed E-state index contributed by atoms with van der Waals surface area (Å²) in [6.45, 7) is 2.96. The Kier molecular flexibility index (Phi) is 4.38. The van der Waals surface area contributed by atoms with Gasteiger partial charge in [-0.1, -0.05) is 11.3 Å². The number of nitrogens with zero attached hydrogens (tertiary/aromatic N) is 2. The van der Waals surface area contributed by atoms with E-state index in [2.05, 4.69) is 15.2 Å². The Bertz CT molecular complexity index is 415. The van der Waals surface area contributed by atoms with Crippen LogP contribution in [0.5, 0.6) is 0 Å². The summed E-state index contributed by atoms with van der Waals surface area (Å²) in [4.78, 5) is 18.8. The van der Waals surface area contributed by atoms with Crippen molar-refractivity contribution < 1.29 is 9.53 Å². The molecule has 0 aliphatic carbocycles. The number of nitrogens with one attached hydrogen (secondary N) is 1. The number of rotatable bonds is 5. The smallest absolute Gasteiger partial charge is 0.265 e. The van der Waals surface area contributed by atoms with E-state index in [1.807, 2.05) is 0 Å². The van der Waals surface area contributed by atoms with Gasteiger partial charge in [0, 0.05) is 26.7 Å². The molecule has 1 amide bonds. The maximum Gasteiger partial charge on any atom is 0.265 e. The molecule has 1 aromatic heterocycles. The molecule has 18 heavy (non-hydrogen) atoms. The van der Waals surface area contributed by atoms with Gasteiger partial charge in [0.2, 0.25) is 0 Å². The second-order valence-electron chi connectivity index (χ2n) is 4.15. The molecule has 0 radical (unpaired) electrons. The van der Waals surface area contributed by atoms with Gasteiger partial charge in [-0.2, -0.15) is 0 Å². The van der Waals surface area contributed by atoms with Crippen molar-refractivity contribution in [2.24, 2.45) is 0 Å². The number of carbonyl (C=O) groups is 1. The zero-order valence-corrected chi connectivity index (χ0v) is 11.3. The summed E-state index contributed by atoms with van der Waals surface area (Å²) in [6, 6.07) is 0. The second kappa shape index (κ2) is 6.01. The molecule has 0 spiro atoms. The van der Waals surface area contributed by atoms with Crippen molar-refractivity contribution in [3.8, 4) is 0 Å². The SMILES string of the molecule is COCCNC(=O)c1sc(N2CCCC2)nc1N. The van der Waals surface area contributed by atoms with Gasteiger partial charge in [0.15, 0.2) is 5.13 Å². The highest BCUT2D eigenvalue weighted by atomic mass is 32.1. The number of aromatic nitrogens is 1. The molecule has 6 nitrogen and oxygen atoms in total. The topological polar surface area (TPSA) is 80.5 Å². The van der Waals surface area contributed by atoms with Crippen molar-refractivity contribution in [2.75, 3.05) is 44.0 Å². The number of methoxy groups -OCH3 is 1. The van der Waals surface area contributed by atoms with Crippen LogP contribution in [-0.4, -0.2) is 44.2 Å². The monoisotopic (exact) mass is 270 g/mol. The fourth-order valence-electron chi connectivity index (χ4n) is 1.87. The summed E-state index contributed by atoms with van der Waals surface area (Å²) in [7, 11) is 1.60. The minimum atomic E-state index is -0.174. The number of carbonyl (C=O) groups excluding carboxylic acids is 1. The standard InChI is InChI=1S/C11H18N4O2S/c1-17-7-4-13-10(16)8-9(12)14-11(18-8)15-5-2-3-6-15/h2-7,12H2,1H3,(H,13,16). The van der Waals surface area contributed by atoms with Crippen LogP contribution in [0.1, 0.15) is 22.5 Å². The first kappa shape index (κ1) is 13.1. The lowest BCUT2D eigenvalue weighted by molar-refractivity contribution is 0.0942. The molecule has 1 saturated heterocycles. The van der Waals surface area contributed by atoms with E-state index in [9.17, 15) is 4.79 Å².